The molecular formula is C109H92N2S. The molecule has 0 radical (unpaired) electrons. The van der Waals surface area contributed by atoms with E-state index >= 15 is 0 Å². The Morgan fingerprint density at radius 3 is 1.23 bits per heavy atom. The van der Waals surface area contributed by atoms with Gasteiger partial charge in [0.05, 0.1) is 16.1 Å². The lowest BCUT2D eigenvalue weighted by Crippen LogP contribution is -2.55. The number of benzene rings is 14. The van der Waals surface area contributed by atoms with Crippen LogP contribution >= 0.6 is 11.3 Å². The van der Waals surface area contributed by atoms with Gasteiger partial charge in [0, 0.05) is 60.0 Å². The predicted octanol–water partition coefficient (Wildman–Crippen LogP) is 29.7. The first-order valence-corrected chi connectivity index (χ1v) is 42.6. The molecule has 8 saturated carbocycles. The fourth-order valence-corrected chi connectivity index (χ4v) is 26.7. The Morgan fingerprint density at radius 2 is 0.670 bits per heavy atom. The van der Waals surface area contributed by atoms with Crippen molar-refractivity contribution in [3.63, 3.8) is 0 Å². The van der Waals surface area contributed by atoms with Gasteiger partial charge in [0.15, 0.2) is 0 Å². The van der Waals surface area contributed by atoms with E-state index in [1.165, 1.54) is 207 Å². The minimum Gasteiger partial charge on any atom is -0.310 e. The molecule has 3 heteroatoms. The maximum atomic E-state index is 2.56. The van der Waals surface area contributed by atoms with Crippen LogP contribution < -0.4 is 9.80 Å². The summed E-state index contributed by atoms with van der Waals surface area (Å²) in [7, 11) is 0. The summed E-state index contributed by atoms with van der Waals surface area (Å²) in [6, 6.07) is 120. The standard InChI is InChI=1S/C56H49N.C53H43NS/c1-35-28-44(25-26-45(35)40-22-27-51-48(34-40)46-14-7-10-17-50(46)56(51)41-30-36-29-37(32-41)33-42(56)31-36)57(43-23-20-39(21-24-43)38-12-5-4-6-13-38)53-19-11-18-52-54(53)47-15-8-9-16-49(47)55(52,2)3;1-33-25-42(54(41-14-9-13-37(31-41)36-11-3-2-4-12-36)50-19-10-17-46-45-16-6-8-20-51(45)55-52(46)50)22-23-43(33)38-21-24-49-47(32-38)44-15-5-7-18-48(44)53(49)39-27-34-26-35(29-39)30-40(53)28-34/h4-28,34,36-37,41-42H,29-33H2,1-3H3;2-25,31-32,34-35,39-40H,26-30H2,1H3. The maximum Gasteiger partial charge on any atom is 0.0640 e. The van der Waals surface area contributed by atoms with Gasteiger partial charge >= 0.3 is 0 Å². The Hall–Kier alpha value is -11.1. The zero-order valence-electron chi connectivity index (χ0n) is 64.5. The third kappa shape index (κ3) is 9.93. The summed E-state index contributed by atoms with van der Waals surface area (Å²) in [6.45, 7) is 9.36. The van der Waals surface area contributed by atoms with Gasteiger partial charge in [0.25, 0.3) is 0 Å². The Labute approximate surface area is 664 Å². The first-order valence-electron chi connectivity index (χ1n) is 41.8. The zero-order valence-corrected chi connectivity index (χ0v) is 65.3. The summed E-state index contributed by atoms with van der Waals surface area (Å²) >= 11 is 1.89. The summed E-state index contributed by atoms with van der Waals surface area (Å²) in [4.78, 5) is 4.98. The smallest absolute Gasteiger partial charge is 0.0640 e. The van der Waals surface area contributed by atoms with Crippen LogP contribution in [0.1, 0.15) is 123 Å². The monoisotopic (exact) mass is 1460 g/mol. The molecule has 26 rings (SSSR count). The van der Waals surface area contributed by atoms with E-state index in [9.17, 15) is 0 Å². The van der Waals surface area contributed by atoms with Crippen LogP contribution in [0.15, 0.2) is 315 Å². The van der Waals surface area contributed by atoms with E-state index in [0.717, 1.165) is 58.7 Å². The van der Waals surface area contributed by atoms with Crippen LogP contribution in [0.4, 0.5) is 34.1 Å². The molecule has 112 heavy (non-hydrogen) atoms. The highest BCUT2D eigenvalue weighted by Gasteiger charge is 2.63. The van der Waals surface area contributed by atoms with Gasteiger partial charge in [0.2, 0.25) is 0 Å². The number of hydrogen-bond donors (Lipinski definition) is 0. The average Bonchev–Trinajstić information content (AvgIpc) is 1.48. The molecule has 544 valence electrons. The van der Waals surface area contributed by atoms with Crippen molar-refractivity contribution < 1.29 is 0 Å². The van der Waals surface area contributed by atoms with Crippen molar-refractivity contribution in [1.82, 2.24) is 0 Å². The summed E-state index contributed by atoms with van der Waals surface area (Å²) in [5, 5.41) is 2.63. The lowest BCUT2D eigenvalue weighted by molar-refractivity contribution is -0.0399. The highest BCUT2D eigenvalue weighted by Crippen LogP contribution is 2.72. The minimum absolute atomic E-state index is 0.0774. The molecule has 0 atom stereocenters. The van der Waals surface area contributed by atoms with Gasteiger partial charge in [0.1, 0.15) is 0 Å². The Kier molecular flexibility index (Phi) is 15.2. The molecule has 1 heterocycles. The van der Waals surface area contributed by atoms with Crippen molar-refractivity contribution in [2.24, 2.45) is 47.3 Å². The molecule has 0 saturated heterocycles. The molecular weight excluding hydrogens is 1370 g/mol. The second-order valence-electron chi connectivity index (χ2n) is 35.6. The van der Waals surface area contributed by atoms with Crippen molar-refractivity contribution in [2.75, 3.05) is 9.80 Å². The van der Waals surface area contributed by atoms with Crippen molar-refractivity contribution in [1.29, 1.82) is 0 Å². The third-order valence-electron chi connectivity index (χ3n) is 29.6. The lowest BCUT2D eigenvalue weighted by Gasteiger charge is -2.61. The van der Waals surface area contributed by atoms with Crippen LogP contribution in [-0.2, 0) is 16.2 Å². The van der Waals surface area contributed by atoms with Crippen LogP contribution in [-0.4, -0.2) is 0 Å². The van der Waals surface area contributed by atoms with Gasteiger partial charge in [-0.3, -0.25) is 0 Å². The van der Waals surface area contributed by atoms with Gasteiger partial charge in [-0.1, -0.05) is 250 Å². The molecule has 8 bridgehead atoms. The molecule has 2 spiro atoms. The van der Waals surface area contributed by atoms with Crippen molar-refractivity contribution >= 4 is 65.6 Å². The molecule has 0 aliphatic heterocycles. The number of hydrogen-bond acceptors (Lipinski definition) is 3. The topological polar surface area (TPSA) is 6.48 Å². The Bertz CT molecular complexity index is 6250. The first kappa shape index (κ1) is 66.7. The summed E-state index contributed by atoms with van der Waals surface area (Å²) in [6.07, 6.45) is 14.3. The summed E-state index contributed by atoms with van der Waals surface area (Å²) < 4.78 is 2.63. The normalized spacial score (nSPS) is 23.5. The second kappa shape index (κ2) is 25.5. The van der Waals surface area contributed by atoms with E-state index in [4.69, 9.17) is 0 Å². The SMILES string of the molecule is Cc1cc(N(c2ccc(-c3ccccc3)cc2)c2cccc3c2-c2ccccc2C3(C)C)ccc1-c1ccc2c(c1)-c1ccccc1C21C2CC3CC(C2)CC1C3.Cc1cc(N(c2cccc(-c3ccccc3)c2)c2cccc3c2sc2ccccc23)ccc1-c1ccc2c(c1)-c1ccccc1C21C2CC3CC(C2)CC1C3. The number of thiophene rings is 1. The van der Waals surface area contributed by atoms with Gasteiger partial charge < -0.3 is 9.80 Å². The summed E-state index contributed by atoms with van der Waals surface area (Å²) in [5.41, 5.74) is 38.1. The molecule has 1 aromatic heterocycles. The molecule has 2 nitrogen and oxygen atoms in total. The largest absolute Gasteiger partial charge is 0.310 e. The van der Waals surface area contributed by atoms with E-state index in [1.54, 1.807) is 22.3 Å². The number of rotatable bonds is 10. The van der Waals surface area contributed by atoms with Crippen LogP contribution in [0.3, 0.4) is 0 Å². The van der Waals surface area contributed by atoms with Gasteiger partial charge in [-0.05, 0) is 321 Å². The molecule has 0 amide bonds. The number of anilines is 6. The van der Waals surface area contributed by atoms with E-state index < -0.39 is 0 Å². The molecule has 8 fully saturated rings. The molecule has 0 unspecified atom stereocenters. The van der Waals surface area contributed by atoms with Gasteiger partial charge in [-0.15, -0.1) is 11.3 Å². The highest BCUT2D eigenvalue weighted by atomic mass is 32.1. The number of fused-ring (bicyclic) bond motifs is 12. The summed E-state index contributed by atoms with van der Waals surface area (Å²) in [5.74, 6) is 6.96. The third-order valence-corrected chi connectivity index (χ3v) is 30.8. The van der Waals surface area contributed by atoms with Gasteiger partial charge in [-0.2, -0.15) is 0 Å². The average molecular weight is 1460 g/mol. The fourth-order valence-electron chi connectivity index (χ4n) is 25.4. The number of aryl methyl sites for hydroxylation is 2. The van der Waals surface area contributed by atoms with E-state index in [1.807, 2.05) is 11.3 Å². The van der Waals surface area contributed by atoms with Gasteiger partial charge in [-0.25, -0.2) is 0 Å². The van der Waals surface area contributed by atoms with Crippen LogP contribution in [0.2, 0.25) is 0 Å². The molecule has 14 aromatic carbocycles. The molecule has 15 aromatic rings. The zero-order chi connectivity index (χ0) is 74.3. The molecule has 0 N–H and O–H groups in total. The second-order valence-corrected chi connectivity index (χ2v) is 36.6. The van der Waals surface area contributed by atoms with Crippen LogP contribution in [0, 0.1) is 61.2 Å². The quantitative estimate of drug-likeness (QED) is 0.135. The number of nitrogens with zero attached hydrogens (tertiary/aromatic N) is 2. The Balaban J connectivity index is 0.000000134. The van der Waals surface area contributed by atoms with E-state index in [0.29, 0.717) is 0 Å². The van der Waals surface area contributed by atoms with Crippen molar-refractivity contribution in [3.8, 4) is 77.9 Å². The minimum atomic E-state index is -0.0774. The van der Waals surface area contributed by atoms with Crippen LogP contribution in [0.25, 0.3) is 98.1 Å². The fraction of sp³-hybridized carbons (Fsp3) is 0.229. The predicted molar refractivity (Wildman–Crippen MR) is 470 cm³/mol. The van der Waals surface area contributed by atoms with Crippen LogP contribution in [0.5, 0.6) is 0 Å². The first-order chi connectivity index (χ1) is 55.0. The molecule has 11 aliphatic carbocycles. The van der Waals surface area contributed by atoms with Crippen molar-refractivity contribution in [2.45, 2.75) is 108 Å². The van der Waals surface area contributed by atoms with Crippen molar-refractivity contribution in [3.05, 3.63) is 360 Å². The maximum absolute atomic E-state index is 2.56. The molecule has 11 aliphatic rings. The lowest BCUT2D eigenvalue weighted by atomic mass is 9.43. The van der Waals surface area contributed by atoms with E-state index in [-0.39, 0.29) is 16.2 Å². The highest BCUT2D eigenvalue weighted by molar-refractivity contribution is 7.26. The Morgan fingerprint density at radius 1 is 0.268 bits per heavy atom. The van der Waals surface area contributed by atoms with E-state index in [2.05, 4.69) is 353 Å².